The lowest BCUT2D eigenvalue weighted by molar-refractivity contribution is -0.698. The molecule has 0 heterocycles. The van der Waals surface area contributed by atoms with Gasteiger partial charge in [0.25, 0.3) is 5.91 Å². The van der Waals surface area contributed by atoms with Crippen molar-refractivity contribution in [2.75, 3.05) is 7.05 Å². The maximum absolute atomic E-state index is 12.4. The van der Waals surface area contributed by atoms with Gasteiger partial charge < -0.3 is 10.6 Å². The van der Waals surface area contributed by atoms with Crippen LogP contribution in [0.25, 0.3) is 0 Å². The van der Waals surface area contributed by atoms with Crippen LogP contribution in [0.3, 0.4) is 0 Å². The standard InChI is InChI=1S/C17H17Cl2N3O2/c1-20-17(24)22-16(23)15(11-5-3-2-4-6-11)21-10-12-7-8-13(18)9-14(12)19/h2-9,15,21H,10H2,1H3,(H2,20,22,23,24)/p+1/t15-/m0/s1. The zero-order valence-corrected chi connectivity index (χ0v) is 14.6. The summed E-state index contributed by atoms with van der Waals surface area (Å²) in [7, 11) is 1.46. The van der Waals surface area contributed by atoms with E-state index in [-0.39, 0.29) is 0 Å². The third-order valence-corrected chi connectivity index (χ3v) is 4.08. The van der Waals surface area contributed by atoms with E-state index in [2.05, 4.69) is 10.6 Å². The minimum Gasteiger partial charge on any atom is -0.341 e. The monoisotopic (exact) mass is 366 g/mol. The Morgan fingerprint density at radius 1 is 1.12 bits per heavy atom. The lowest BCUT2D eigenvalue weighted by atomic mass is 10.1. The Bertz CT molecular complexity index is 723. The van der Waals surface area contributed by atoms with Gasteiger partial charge in [0.15, 0.2) is 6.04 Å². The molecule has 1 atom stereocenters. The summed E-state index contributed by atoms with van der Waals surface area (Å²) in [6, 6.07) is 13.4. The zero-order valence-electron chi connectivity index (χ0n) is 13.1. The Kier molecular flexibility index (Phi) is 6.61. The first-order valence-electron chi connectivity index (χ1n) is 7.36. The fraction of sp³-hybridized carbons (Fsp3) is 0.176. The molecule has 0 radical (unpaired) electrons. The van der Waals surface area contributed by atoms with Crippen molar-refractivity contribution in [1.82, 2.24) is 10.6 Å². The number of nitrogens with one attached hydrogen (secondary N) is 2. The van der Waals surface area contributed by atoms with Crippen molar-refractivity contribution >= 4 is 35.1 Å². The molecule has 24 heavy (non-hydrogen) atoms. The molecular weight excluding hydrogens is 349 g/mol. The summed E-state index contributed by atoms with van der Waals surface area (Å²) >= 11 is 12.1. The Labute approximate surface area is 150 Å². The Morgan fingerprint density at radius 2 is 1.83 bits per heavy atom. The van der Waals surface area contributed by atoms with Crippen molar-refractivity contribution in [3.05, 3.63) is 69.7 Å². The first kappa shape index (κ1) is 18.3. The van der Waals surface area contributed by atoms with Crippen LogP contribution in [0.1, 0.15) is 17.2 Å². The molecule has 0 fully saturated rings. The molecule has 0 aliphatic rings. The molecule has 0 bridgehead atoms. The first-order valence-corrected chi connectivity index (χ1v) is 8.11. The Morgan fingerprint density at radius 3 is 2.46 bits per heavy atom. The van der Waals surface area contributed by atoms with Crippen LogP contribution in [0.5, 0.6) is 0 Å². The lowest BCUT2D eigenvalue weighted by Gasteiger charge is -2.16. The van der Waals surface area contributed by atoms with Gasteiger partial charge in [0, 0.05) is 23.2 Å². The number of carbonyl (C=O) groups is 2. The highest BCUT2D eigenvalue weighted by Gasteiger charge is 2.25. The minimum atomic E-state index is -0.574. The molecular formula is C17H18Cl2N3O2+. The summed E-state index contributed by atoms with van der Waals surface area (Å²) in [5.74, 6) is -0.398. The highest BCUT2D eigenvalue weighted by atomic mass is 35.5. The second-order valence-corrected chi connectivity index (χ2v) is 5.98. The molecule has 126 valence electrons. The highest BCUT2D eigenvalue weighted by Crippen LogP contribution is 2.20. The van der Waals surface area contributed by atoms with Gasteiger partial charge in [0.05, 0.1) is 5.02 Å². The average Bonchev–Trinajstić information content (AvgIpc) is 2.57. The third kappa shape index (κ3) is 4.96. The minimum absolute atomic E-state index is 0.398. The molecule has 2 aromatic rings. The molecule has 3 amide bonds. The molecule has 0 aliphatic heterocycles. The maximum atomic E-state index is 12.4. The van der Waals surface area contributed by atoms with E-state index in [0.29, 0.717) is 16.6 Å². The molecule has 0 saturated carbocycles. The van der Waals surface area contributed by atoms with Gasteiger partial charge in [0.1, 0.15) is 6.54 Å². The van der Waals surface area contributed by atoms with Gasteiger partial charge in [-0.15, -0.1) is 0 Å². The third-order valence-electron chi connectivity index (χ3n) is 3.49. The zero-order chi connectivity index (χ0) is 17.5. The Balaban J connectivity index is 2.16. The van der Waals surface area contributed by atoms with Crippen molar-refractivity contribution in [2.45, 2.75) is 12.6 Å². The molecule has 0 unspecified atom stereocenters. The number of quaternary nitrogens is 1. The molecule has 0 spiro atoms. The van der Waals surface area contributed by atoms with Gasteiger partial charge in [-0.1, -0.05) is 59.6 Å². The van der Waals surface area contributed by atoms with E-state index in [4.69, 9.17) is 23.2 Å². The van der Waals surface area contributed by atoms with Crippen LogP contribution in [0, 0.1) is 0 Å². The van der Waals surface area contributed by atoms with Crippen LogP contribution < -0.4 is 16.0 Å². The van der Waals surface area contributed by atoms with Crippen LogP contribution in [0.2, 0.25) is 10.0 Å². The van der Waals surface area contributed by atoms with Crippen molar-refractivity contribution < 1.29 is 14.9 Å². The molecule has 0 aromatic heterocycles. The topological polar surface area (TPSA) is 74.8 Å². The van der Waals surface area contributed by atoms with E-state index in [1.807, 2.05) is 41.7 Å². The number of imide groups is 1. The summed E-state index contributed by atoms with van der Waals surface area (Å²) in [5.41, 5.74) is 1.65. The summed E-state index contributed by atoms with van der Waals surface area (Å²) < 4.78 is 0. The van der Waals surface area contributed by atoms with E-state index >= 15 is 0 Å². The van der Waals surface area contributed by atoms with E-state index in [9.17, 15) is 9.59 Å². The van der Waals surface area contributed by atoms with Crippen molar-refractivity contribution in [2.24, 2.45) is 0 Å². The highest BCUT2D eigenvalue weighted by molar-refractivity contribution is 6.35. The second kappa shape index (κ2) is 8.68. The fourth-order valence-electron chi connectivity index (χ4n) is 2.24. The van der Waals surface area contributed by atoms with Gasteiger partial charge in [-0.3, -0.25) is 10.1 Å². The summed E-state index contributed by atoms with van der Waals surface area (Å²) in [5, 5.41) is 7.60. The SMILES string of the molecule is CNC(=O)NC(=O)[C@@H]([NH2+]Cc1ccc(Cl)cc1Cl)c1ccccc1. The van der Waals surface area contributed by atoms with Gasteiger partial charge in [-0.25, -0.2) is 4.79 Å². The van der Waals surface area contributed by atoms with Crippen LogP contribution in [0.15, 0.2) is 48.5 Å². The number of benzene rings is 2. The molecule has 0 aliphatic carbocycles. The fourth-order valence-corrected chi connectivity index (χ4v) is 2.72. The first-order chi connectivity index (χ1) is 11.5. The van der Waals surface area contributed by atoms with E-state index < -0.39 is 18.0 Å². The number of amides is 3. The number of urea groups is 1. The van der Waals surface area contributed by atoms with Crippen LogP contribution in [-0.4, -0.2) is 19.0 Å². The lowest BCUT2D eigenvalue weighted by Crippen LogP contribution is -2.86. The smallest absolute Gasteiger partial charge is 0.321 e. The summed E-state index contributed by atoms with van der Waals surface area (Å²) in [6.45, 7) is 0.469. The predicted molar refractivity (Wildman–Crippen MR) is 93.9 cm³/mol. The van der Waals surface area contributed by atoms with Crippen LogP contribution in [-0.2, 0) is 11.3 Å². The summed E-state index contributed by atoms with van der Waals surface area (Å²) in [4.78, 5) is 23.8. The van der Waals surface area contributed by atoms with Crippen molar-refractivity contribution in [3.63, 3.8) is 0 Å². The van der Waals surface area contributed by atoms with E-state index in [0.717, 1.165) is 11.1 Å². The summed E-state index contributed by atoms with van der Waals surface area (Å²) in [6.07, 6.45) is 0. The molecule has 2 aromatic carbocycles. The van der Waals surface area contributed by atoms with Crippen LogP contribution >= 0.6 is 23.2 Å². The second-order valence-electron chi connectivity index (χ2n) is 5.13. The van der Waals surface area contributed by atoms with E-state index in [1.54, 1.807) is 12.1 Å². The predicted octanol–water partition coefficient (Wildman–Crippen LogP) is 2.25. The number of carbonyl (C=O) groups excluding carboxylic acids is 2. The van der Waals surface area contributed by atoms with E-state index in [1.165, 1.54) is 7.05 Å². The number of nitrogens with two attached hydrogens (primary N) is 1. The molecule has 0 saturated heterocycles. The van der Waals surface area contributed by atoms with Crippen LogP contribution in [0.4, 0.5) is 4.79 Å². The van der Waals surface area contributed by atoms with Crippen molar-refractivity contribution in [3.8, 4) is 0 Å². The molecule has 2 rings (SSSR count). The molecule has 5 nitrogen and oxygen atoms in total. The Hall–Kier alpha value is -2.08. The van der Waals surface area contributed by atoms with Gasteiger partial charge in [-0.05, 0) is 12.1 Å². The van der Waals surface area contributed by atoms with Gasteiger partial charge >= 0.3 is 6.03 Å². The quantitative estimate of drug-likeness (QED) is 0.758. The number of hydrogen-bond donors (Lipinski definition) is 3. The number of hydrogen-bond acceptors (Lipinski definition) is 2. The molecule has 7 heteroatoms. The van der Waals surface area contributed by atoms with Gasteiger partial charge in [0.2, 0.25) is 0 Å². The normalized spacial score (nSPS) is 11.6. The van der Waals surface area contributed by atoms with Gasteiger partial charge in [-0.2, -0.15) is 0 Å². The largest absolute Gasteiger partial charge is 0.341 e. The maximum Gasteiger partial charge on any atom is 0.321 e. The number of rotatable bonds is 5. The molecule has 4 N–H and O–H groups in total. The number of halogens is 2. The average molecular weight is 367 g/mol. The van der Waals surface area contributed by atoms with Crippen molar-refractivity contribution in [1.29, 1.82) is 0 Å².